The number of aromatic nitrogens is 4. The van der Waals surface area contributed by atoms with Gasteiger partial charge in [0.15, 0.2) is 10.8 Å². The molecule has 3 heterocycles. The van der Waals surface area contributed by atoms with Crippen LogP contribution in [0.2, 0.25) is 5.15 Å². The van der Waals surface area contributed by atoms with Crippen molar-refractivity contribution in [2.75, 3.05) is 0 Å². The van der Waals surface area contributed by atoms with Gasteiger partial charge in [-0.2, -0.15) is 0 Å². The number of rotatable bonds is 2. The first-order valence-electron chi connectivity index (χ1n) is 4.87. The Morgan fingerprint density at radius 2 is 2.35 bits per heavy atom. The Morgan fingerprint density at radius 1 is 1.47 bits per heavy atom. The highest BCUT2D eigenvalue weighted by atomic mass is 35.5. The van der Waals surface area contributed by atoms with Crippen molar-refractivity contribution in [1.82, 2.24) is 19.5 Å². The fraction of sp³-hybridized carbons (Fsp3) is 0.100. The third-order valence-electron chi connectivity index (χ3n) is 2.41. The normalized spacial score (nSPS) is 11.1. The van der Waals surface area contributed by atoms with E-state index in [9.17, 15) is 4.79 Å². The van der Waals surface area contributed by atoms with Crippen LogP contribution in [0.3, 0.4) is 0 Å². The van der Waals surface area contributed by atoms with E-state index >= 15 is 0 Å². The van der Waals surface area contributed by atoms with Gasteiger partial charge in [-0.15, -0.1) is 0 Å². The number of halogens is 1. The second kappa shape index (κ2) is 3.74. The standard InChI is InChI=1S/C10H7ClN4O2/c11-8-7-9(13-5-12-8)15(10(16)14-7)4-6-2-1-3-17-6/h1-3,5H,4H2,(H,14,16). The highest BCUT2D eigenvalue weighted by Gasteiger charge is 2.12. The lowest BCUT2D eigenvalue weighted by atomic mass is 10.4. The van der Waals surface area contributed by atoms with Crippen LogP contribution in [0.1, 0.15) is 5.76 Å². The van der Waals surface area contributed by atoms with Gasteiger partial charge in [-0.05, 0) is 12.1 Å². The molecule has 0 bridgehead atoms. The van der Waals surface area contributed by atoms with Gasteiger partial charge in [0.05, 0.1) is 12.8 Å². The molecule has 17 heavy (non-hydrogen) atoms. The first-order valence-corrected chi connectivity index (χ1v) is 5.25. The van der Waals surface area contributed by atoms with E-state index in [4.69, 9.17) is 16.0 Å². The first kappa shape index (κ1) is 10.1. The molecule has 0 radical (unpaired) electrons. The lowest BCUT2D eigenvalue weighted by Gasteiger charge is -1.99. The minimum absolute atomic E-state index is 0.227. The minimum Gasteiger partial charge on any atom is -0.467 e. The molecule has 7 heteroatoms. The Bertz CT molecular complexity index is 714. The fourth-order valence-corrected chi connectivity index (χ4v) is 1.82. The van der Waals surface area contributed by atoms with Crippen molar-refractivity contribution in [3.63, 3.8) is 0 Å². The van der Waals surface area contributed by atoms with Gasteiger partial charge in [-0.1, -0.05) is 11.6 Å². The highest BCUT2D eigenvalue weighted by molar-refractivity contribution is 6.33. The van der Waals surface area contributed by atoms with Crippen LogP contribution in [0.4, 0.5) is 0 Å². The van der Waals surface area contributed by atoms with E-state index in [1.807, 2.05) is 0 Å². The summed E-state index contributed by atoms with van der Waals surface area (Å²) in [6.07, 6.45) is 2.87. The van der Waals surface area contributed by atoms with Gasteiger partial charge in [-0.3, -0.25) is 4.57 Å². The van der Waals surface area contributed by atoms with Crippen LogP contribution >= 0.6 is 11.6 Å². The number of nitrogens with zero attached hydrogens (tertiary/aromatic N) is 3. The molecule has 1 N–H and O–H groups in total. The zero-order valence-corrected chi connectivity index (χ0v) is 9.31. The lowest BCUT2D eigenvalue weighted by molar-refractivity contribution is 0.492. The highest BCUT2D eigenvalue weighted by Crippen LogP contribution is 2.15. The molecule has 3 rings (SSSR count). The quantitative estimate of drug-likeness (QED) is 0.698. The number of nitrogens with one attached hydrogen (secondary N) is 1. The summed E-state index contributed by atoms with van der Waals surface area (Å²) in [5.41, 5.74) is 0.607. The summed E-state index contributed by atoms with van der Waals surface area (Å²) in [7, 11) is 0. The molecule has 3 aromatic heterocycles. The number of hydrogen-bond donors (Lipinski definition) is 1. The van der Waals surface area contributed by atoms with Crippen LogP contribution in [0.15, 0.2) is 33.9 Å². The molecular formula is C10H7ClN4O2. The molecule has 6 nitrogen and oxygen atoms in total. The van der Waals surface area contributed by atoms with Crippen molar-refractivity contribution in [2.24, 2.45) is 0 Å². The number of hydrogen-bond acceptors (Lipinski definition) is 4. The van der Waals surface area contributed by atoms with E-state index in [2.05, 4.69) is 15.0 Å². The third kappa shape index (κ3) is 1.62. The van der Waals surface area contributed by atoms with Crippen LogP contribution in [0.5, 0.6) is 0 Å². The zero-order chi connectivity index (χ0) is 11.8. The van der Waals surface area contributed by atoms with Gasteiger partial charge < -0.3 is 9.40 Å². The summed E-state index contributed by atoms with van der Waals surface area (Å²) in [5, 5.41) is 0.227. The second-order valence-electron chi connectivity index (χ2n) is 3.46. The predicted molar refractivity (Wildman–Crippen MR) is 61.0 cm³/mol. The molecule has 3 aromatic rings. The molecule has 0 aliphatic rings. The average molecular weight is 251 g/mol. The maximum atomic E-state index is 11.8. The van der Waals surface area contributed by atoms with E-state index in [0.29, 0.717) is 23.5 Å². The Labute approximate surface area is 99.9 Å². The van der Waals surface area contributed by atoms with Crippen LogP contribution in [0.25, 0.3) is 11.2 Å². The topological polar surface area (TPSA) is 76.7 Å². The summed E-state index contributed by atoms with van der Waals surface area (Å²) < 4.78 is 6.64. The number of fused-ring (bicyclic) bond motifs is 1. The molecule has 0 spiro atoms. The number of imidazole rings is 1. The fourth-order valence-electron chi connectivity index (χ4n) is 1.64. The van der Waals surface area contributed by atoms with Gasteiger partial charge in [-0.25, -0.2) is 14.8 Å². The summed E-state index contributed by atoms with van der Waals surface area (Å²) in [5.74, 6) is 0.669. The molecule has 0 saturated carbocycles. The molecule has 0 amide bonds. The monoisotopic (exact) mass is 250 g/mol. The van der Waals surface area contributed by atoms with E-state index in [0.717, 1.165) is 0 Å². The summed E-state index contributed by atoms with van der Waals surface area (Å²) in [6.45, 7) is 0.305. The molecule has 0 atom stereocenters. The van der Waals surface area contributed by atoms with E-state index in [-0.39, 0.29) is 10.8 Å². The summed E-state index contributed by atoms with van der Waals surface area (Å²) in [6, 6.07) is 3.55. The second-order valence-corrected chi connectivity index (χ2v) is 3.82. The van der Waals surface area contributed by atoms with Gasteiger partial charge in [0.2, 0.25) is 0 Å². The van der Waals surface area contributed by atoms with Gasteiger partial charge >= 0.3 is 5.69 Å². The molecule has 86 valence electrons. The first-order chi connectivity index (χ1) is 8.25. The molecule has 0 aliphatic carbocycles. The largest absolute Gasteiger partial charge is 0.467 e. The van der Waals surface area contributed by atoms with E-state index in [1.165, 1.54) is 10.9 Å². The van der Waals surface area contributed by atoms with E-state index in [1.54, 1.807) is 18.4 Å². The smallest absolute Gasteiger partial charge is 0.328 e. The van der Waals surface area contributed by atoms with Gasteiger partial charge in [0.1, 0.15) is 17.6 Å². The van der Waals surface area contributed by atoms with Crippen molar-refractivity contribution < 1.29 is 4.42 Å². The van der Waals surface area contributed by atoms with E-state index < -0.39 is 0 Å². The summed E-state index contributed by atoms with van der Waals surface area (Å²) >= 11 is 5.87. The SMILES string of the molecule is O=c1[nH]c2c(Cl)ncnc2n1Cc1ccco1. The maximum Gasteiger partial charge on any atom is 0.328 e. The Kier molecular flexibility index (Phi) is 2.22. The minimum atomic E-state index is -0.293. The Morgan fingerprint density at radius 3 is 3.12 bits per heavy atom. The van der Waals surface area contributed by atoms with Gasteiger partial charge in [0.25, 0.3) is 0 Å². The molecule has 0 fully saturated rings. The Hall–Kier alpha value is -2.08. The molecule has 0 aromatic carbocycles. The van der Waals surface area contributed by atoms with Crippen LogP contribution < -0.4 is 5.69 Å². The zero-order valence-electron chi connectivity index (χ0n) is 8.55. The van der Waals surface area contributed by atoms with Crippen molar-refractivity contribution in [1.29, 1.82) is 0 Å². The van der Waals surface area contributed by atoms with Crippen LogP contribution in [-0.2, 0) is 6.54 Å². The molecular weight excluding hydrogens is 244 g/mol. The van der Waals surface area contributed by atoms with Crippen molar-refractivity contribution in [3.05, 3.63) is 46.1 Å². The Balaban J connectivity index is 2.19. The number of furan rings is 1. The van der Waals surface area contributed by atoms with Crippen LogP contribution in [0, 0.1) is 0 Å². The third-order valence-corrected chi connectivity index (χ3v) is 2.69. The molecule has 0 aliphatic heterocycles. The van der Waals surface area contributed by atoms with Crippen LogP contribution in [-0.4, -0.2) is 19.5 Å². The average Bonchev–Trinajstić information content (AvgIpc) is 2.91. The number of H-pyrrole nitrogens is 1. The lowest BCUT2D eigenvalue weighted by Crippen LogP contribution is -2.17. The maximum absolute atomic E-state index is 11.8. The van der Waals surface area contributed by atoms with Crippen molar-refractivity contribution in [3.8, 4) is 0 Å². The predicted octanol–water partition coefficient (Wildman–Crippen LogP) is 1.41. The van der Waals surface area contributed by atoms with Crippen molar-refractivity contribution >= 4 is 22.8 Å². The molecule has 0 unspecified atom stereocenters. The summed E-state index contributed by atoms with van der Waals surface area (Å²) in [4.78, 5) is 22.2. The van der Waals surface area contributed by atoms with Gasteiger partial charge in [0, 0.05) is 0 Å². The molecule has 0 saturated heterocycles. The van der Waals surface area contributed by atoms with Crippen molar-refractivity contribution in [2.45, 2.75) is 6.54 Å². The number of aromatic amines is 1.